The number of amides is 1. The molecule has 2 aliphatic rings. The summed E-state index contributed by atoms with van der Waals surface area (Å²) in [6.45, 7) is 1.97. The van der Waals surface area contributed by atoms with Gasteiger partial charge in [0, 0.05) is 36.8 Å². The highest BCUT2D eigenvalue weighted by Crippen LogP contribution is 2.42. The average molecular weight is 578 g/mol. The molecule has 8 nitrogen and oxygen atoms in total. The van der Waals surface area contributed by atoms with Crippen LogP contribution in [-0.4, -0.2) is 50.0 Å². The highest BCUT2D eigenvalue weighted by Gasteiger charge is 2.36. The molecule has 218 valence electrons. The monoisotopic (exact) mass is 577 g/mol. The number of hydrogen-bond donors (Lipinski definition) is 2. The third-order valence-corrected chi connectivity index (χ3v) is 8.35. The van der Waals surface area contributed by atoms with Gasteiger partial charge in [-0.2, -0.15) is 13.2 Å². The Morgan fingerprint density at radius 3 is 2.62 bits per heavy atom. The van der Waals surface area contributed by atoms with Gasteiger partial charge < -0.3 is 20.5 Å². The van der Waals surface area contributed by atoms with Gasteiger partial charge in [-0.25, -0.2) is 9.97 Å². The number of carbonyl (C=O) groups is 1. The number of anilines is 1. The number of aromatic nitrogens is 3. The van der Waals surface area contributed by atoms with Crippen molar-refractivity contribution >= 4 is 17.2 Å². The van der Waals surface area contributed by atoms with E-state index in [0.717, 1.165) is 30.8 Å². The predicted molar refractivity (Wildman–Crippen MR) is 151 cm³/mol. The Hall–Kier alpha value is -4.38. The zero-order chi connectivity index (χ0) is 29.8. The fraction of sp³-hybridized carbons (Fsp3) is 0.323. The van der Waals surface area contributed by atoms with Gasteiger partial charge in [0.2, 0.25) is 5.91 Å². The summed E-state index contributed by atoms with van der Waals surface area (Å²) < 4.78 is 47.7. The quantitative estimate of drug-likeness (QED) is 0.312. The van der Waals surface area contributed by atoms with Crippen LogP contribution in [0.3, 0.4) is 0 Å². The van der Waals surface area contributed by atoms with Crippen LogP contribution in [0, 0.1) is 0 Å². The van der Waals surface area contributed by atoms with E-state index >= 15 is 0 Å². The Balaban J connectivity index is 1.42. The maximum absolute atomic E-state index is 13.4. The summed E-state index contributed by atoms with van der Waals surface area (Å²) >= 11 is 0. The van der Waals surface area contributed by atoms with E-state index in [4.69, 9.17) is 15.5 Å². The topological polar surface area (TPSA) is 106 Å². The number of nitrogens with two attached hydrogens (primary N) is 1. The van der Waals surface area contributed by atoms with E-state index in [1.807, 2.05) is 15.4 Å². The van der Waals surface area contributed by atoms with E-state index in [1.54, 1.807) is 30.6 Å². The lowest BCUT2D eigenvalue weighted by Crippen LogP contribution is -2.47. The van der Waals surface area contributed by atoms with Crippen molar-refractivity contribution in [3.8, 4) is 17.0 Å². The summed E-state index contributed by atoms with van der Waals surface area (Å²) in [4.78, 5) is 23.9. The molecule has 2 aliphatic heterocycles. The molecule has 0 unspecified atom stereocenters. The molecule has 0 aliphatic carbocycles. The van der Waals surface area contributed by atoms with E-state index in [2.05, 4.69) is 11.1 Å². The molecule has 0 radical (unpaired) electrons. The SMILES string of the molecule is COc1cc([C@](C)(O)c2cccc(C(F)(F)F)c2)ccc1-c1nc([C@@H]2CC[C@H]3C=CCC(=O)N3C2)n2ccnc(N)c12. The maximum atomic E-state index is 13.4. The van der Waals surface area contributed by atoms with Crippen LogP contribution in [0.25, 0.3) is 16.8 Å². The minimum absolute atomic E-state index is 0.0355. The zero-order valence-electron chi connectivity index (χ0n) is 23.1. The van der Waals surface area contributed by atoms with Crippen molar-refractivity contribution in [1.82, 2.24) is 19.3 Å². The van der Waals surface area contributed by atoms with Crippen molar-refractivity contribution in [1.29, 1.82) is 0 Å². The molecule has 11 heteroatoms. The van der Waals surface area contributed by atoms with Crippen molar-refractivity contribution in [3.63, 3.8) is 0 Å². The van der Waals surface area contributed by atoms with Gasteiger partial charge in [0.1, 0.15) is 34.2 Å². The smallest absolute Gasteiger partial charge is 0.416 e. The number of methoxy groups -OCH3 is 1. The molecule has 0 spiro atoms. The summed E-state index contributed by atoms with van der Waals surface area (Å²) in [6.07, 6.45) is 4.91. The Kier molecular flexibility index (Phi) is 6.72. The minimum Gasteiger partial charge on any atom is -0.496 e. The van der Waals surface area contributed by atoms with E-state index in [1.165, 1.54) is 26.2 Å². The Morgan fingerprint density at radius 1 is 1.10 bits per heavy atom. The summed E-state index contributed by atoms with van der Waals surface area (Å²) in [7, 11) is 1.47. The van der Waals surface area contributed by atoms with Crippen LogP contribution in [0.2, 0.25) is 0 Å². The van der Waals surface area contributed by atoms with Crippen molar-refractivity contribution in [2.45, 2.75) is 49.9 Å². The molecule has 2 aromatic heterocycles. The Bertz CT molecular complexity index is 1710. The number of fused-ring (bicyclic) bond motifs is 2. The number of carbonyl (C=O) groups excluding carboxylic acids is 1. The number of piperidine rings is 1. The van der Waals surface area contributed by atoms with Crippen LogP contribution in [0.15, 0.2) is 67.0 Å². The Labute approximate surface area is 240 Å². The number of ether oxygens (including phenoxy) is 1. The summed E-state index contributed by atoms with van der Waals surface area (Å²) in [5.74, 6) is 1.43. The maximum Gasteiger partial charge on any atom is 0.416 e. The summed E-state index contributed by atoms with van der Waals surface area (Å²) in [5.41, 5.74) is 5.88. The number of rotatable bonds is 5. The molecule has 4 heterocycles. The fourth-order valence-corrected chi connectivity index (χ4v) is 6.05. The minimum atomic E-state index is -4.54. The van der Waals surface area contributed by atoms with Gasteiger partial charge in [0.25, 0.3) is 0 Å². The first-order valence-electron chi connectivity index (χ1n) is 13.7. The number of nitrogens with zero attached hydrogens (tertiary/aromatic N) is 4. The van der Waals surface area contributed by atoms with Gasteiger partial charge in [0.15, 0.2) is 0 Å². The number of imidazole rings is 1. The molecule has 3 N–H and O–H groups in total. The van der Waals surface area contributed by atoms with Crippen molar-refractivity contribution in [2.75, 3.05) is 19.4 Å². The lowest BCUT2D eigenvalue weighted by Gasteiger charge is -2.39. The molecular weight excluding hydrogens is 547 g/mol. The van der Waals surface area contributed by atoms with Gasteiger partial charge in [-0.3, -0.25) is 9.20 Å². The highest BCUT2D eigenvalue weighted by molar-refractivity contribution is 5.88. The molecular formula is C31H30F3N5O3. The van der Waals surface area contributed by atoms with Crippen LogP contribution in [0.1, 0.15) is 54.6 Å². The molecule has 1 saturated heterocycles. The molecule has 1 amide bonds. The number of hydrogen-bond acceptors (Lipinski definition) is 6. The lowest BCUT2D eigenvalue weighted by atomic mass is 9.86. The Morgan fingerprint density at radius 2 is 1.86 bits per heavy atom. The molecule has 2 aromatic carbocycles. The van der Waals surface area contributed by atoms with E-state index in [-0.39, 0.29) is 29.2 Å². The normalized spacial score (nSPS) is 20.4. The van der Waals surface area contributed by atoms with Crippen molar-refractivity contribution in [2.24, 2.45) is 0 Å². The number of nitrogen functional groups attached to an aromatic ring is 1. The second-order valence-electron chi connectivity index (χ2n) is 10.9. The van der Waals surface area contributed by atoms with Crippen molar-refractivity contribution < 1.29 is 27.8 Å². The van der Waals surface area contributed by atoms with E-state index in [0.29, 0.717) is 41.1 Å². The first-order chi connectivity index (χ1) is 20.0. The van der Waals surface area contributed by atoms with Crippen LogP contribution in [-0.2, 0) is 16.6 Å². The molecule has 0 bridgehead atoms. The molecule has 4 aromatic rings. The van der Waals surface area contributed by atoms with E-state index in [9.17, 15) is 23.1 Å². The molecule has 6 rings (SSSR count). The summed E-state index contributed by atoms with van der Waals surface area (Å²) in [5, 5.41) is 11.4. The number of aliphatic hydroxyl groups is 1. The number of halogens is 3. The largest absolute Gasteiger partial charge is 0.496 e. The zero-order valence-corrected chi connectivity index (χ0v) is 23.1. The second-order valence-corrected chi connectivity index (χ2v) is 10.9. The lowest BCUT2D eigenvalue weighted by molar-refractivity contribution is -0.137. The van der Waals surface area contributed by atoms with Crippen molar-refractivity contribution in [3.05, 3.63) is 89.5 Å². The third kappa shape index (κ3) is 4.67. The predicted octanol–water partition coefficient (Wildman–Crippen LogP) is 5.30. The number of benzene rings is 2. The first-order valence-corrected chi connectivity index (χ1v) is 13.7. The molecule has 42 heavy (non-hydrogen) atoms. The van der Waals surface area contributed by atoms with Gasteiger partial charge in [0.05, 0.1) is 18.7 Å². The van der Waals surface area contributed by atoms with Crippen LogP contribution < -0.4 is 10.5 Å². The van der Waals surface area contributed by atoms with Gasteiger partial charge >= 0.3 is 6.18 Å². The standard InChI is InChI=1S/C31H30F3N5O3/c1-30(41,19-5-3-6-21(15-19)31(32,33)34)20-10-12-23(24(16-20)42-2)26-27-28(35)36-13-14-38(27)29(37-26)18-9-11-22-7-4-8-25(40)39(22)17-18/h3-7,10,12-16,18,22,41H,8-9,11,17H2,1-2H3,(H2,35,36)/t18-,22-,30-/m1/s1. The van der Waals surface area contributed by atoms with Crippen LogP contribution in [0.4, 0.5) is 19.0 Å². The van der Waals surface area contributed by atoms with Crippen LogP contribution in [0.5, 0.6) is 5.75 Å². The average Bonchev–Trinajstić information content (AvgIpc) is 3.37. The fourth-order valence-electron chi connectivity index (χ4n) is 6.05. The van der Waals surface area contributed by atoms with Gasteiger partial charge in [-0.1, -0.05) is 30.4 Å². The molecule has 0 saturated carbocycles. The first kappa shape index (κ1) is 27.8. The van der Waals surface area contributed by atoms with E-state index < -0.39 is 17.3 Å². The summed E-state index contributed by atoms with van der Waals surface area (Å²) in [6, 6.07) is 9.67. The third-order valence-electron chi connectivity index (χ3n) is 8.35. The number of alkyl halides is 3. The second kappa shape index (κ2) is 10.2. The highest BCUT2D eigenvalue weighted by atomic mass is 19.4. The molecule has 1 fully saturated rings. The van der Waals surface area contributed by atoms with Gasteiger partial charge in [-0.05, 0) is 55.2 Å². The van der Waals surface area contributed by atoms with Crippen LogP contribution >= 0.6 is 0 Å². The van der Waals surface area contributed by atoms with Gasteiger partial charge in [-0.15, -0.1) is 0 Å². The molecule has 3 atom stereocenters.